The van der Waals surface area contributed by atoms with E-state index < -0.39 is 74.3 Å². The first-order valence-corrected chi connectivity index (χ1v) is 6.89. The molecule has 0 saturated carbocycles. The Morgan fingerprint density at radius 1 is 0.818 bits per heavy atom. The van der Waals surface area contributed by atoms with Crippen molar-refractivity contribution in [2.45, 2.75) is 54.4 Å². The van der Waals surface area contributed by atoms with Crippen LogP contribution in [0.1, 0.15) is 0 Å². The molecule has 0 radical (unpaired) electrons. The normalized spacial score (nSPS) is 53.5. The zero-order valence-corrected chi connectivity index (χ0v) is 11.6. The van der Waals surface area contributed by atoms with Crippen LogP contribution in [0.15, 0.2) is 0 Å². The van der Waals surface area contributed by atoms with E-state index in [2.05, 4.69) is 0 Å². The van der Waals surface area contributed by atoms with E-state index in [1.807, 2.05) is 0 Å². The van der Waals surface area contributed by atoms with Crippen LogP contribution in [-0.2, 0) is 9.47 Å². The third-order valence-electron chi connectivity index (χ3n) is 4.31. The molecule has 10 heteroatoms. The first-order valence-electron chi connectivity index (χ1n) is 6.89. The van der Waals surface area contributed by atoms with E-state index in [-0.39, 0.29) is 0 Å². The van der Waals surface area contributed by atoms with E-state index in [9.17, 15) is 30.6 Å². The Hall–Kier alpha value is -0.400. The molecular weight excluding hydrogens is 304 g/mol. The largest absolute Gasteiger partial charge is 0.394 e. The number of hydrogen-bond donors (Lipinski definition) is 8. The third kappa shape index (κ3) is 2.76. The molecule has 0 aliphatic carbocycles. The molecule has 2 rings (SSSR count). The van der Waals surface area contributed by atoms with Gasteiger partial charge >= 0.3 is 0 Å². The van der Waals surface area contributed by atoms with Crippen LogP contribution in [0.3, 0.4) is 0 Å². The summed E-state index contributed by atoms with van der Waals surface area (Å²) in [6.07, 6.45) is -12.7. The third-order valence-corrected chi connectivity index (χ3v) is 4.31. The van der Waals surface area contributed by atoms with Crippen molar-refractivity contribution in [2.24, 2.45) is 0 Å². The predicted octanol–water partition coefficient (Wildman–Crippen LogP) is -5.33. The highest BCUT2D eigenvalue weighted by Crippen LogP contribution is 2.35. The smallest absolute Gasteiger partial charge is 0.145 e. The van der Waals surface area contributed by atoms with Gasteiger partial charge in [-0.1, -0.05) is 0 Å². The topological polar surface area (TPSA) is 180 Å². The summed E-state index contributed by atoms with van der Waals surface area (Å²) in [7, 11) is 0. The van der Waals surface area contributed by atoms with Crippen LogP contribution in [0.5, 0.6) is 0 Å². The summed E-state index contributed by atoms with van der Waals surface area (Å²) >= 11 is 0. The van der Waals surface area contributed by atoms with Gasteiger partial charge in [-0.3, -0.25) is 0 Å². The van der Waals surface area contributed by atoms with Crippen molar-refractivity contribution >= 4 is 0 Å². The summed E-state index contributed by atoms with van der Waals surface area (Å²) in [6, 6.07) is 0. The second-order valence-electron chi connectivity index (χ2n) is 5.71. The van der Waals surface area contributed by atoms with Gasteiger partial charge in [-0.15, -0.1) is 0 Å². The number of aliphatic hydroxyl groups excluding tert-OH is 7. The predicted molar refractivity (Wildman–Crippen MR) is 67.6 cm³/mol. The van der Waals surface area contributed by atoms with E-state index in [0.29, 0.717) is 0 Å². The molecule has 0 aromatic carbocycles. The van der Waals surface area contributed by atoms with Gasteiger partial charge in [0.25, 0.3) is 0 Å². The van der Waals surface area contributed by atoms with Crippen LogP contribution < -0.4 is 0 Å². The summed E-state index contributed by atoms with van der Waals surface area (Å²) in [4.78, 5) is 0. The molecule has 22 heavy (non-hydrogen) atoms. The van der Waals surface area contributed by atoms with Gasteiger partial charge in [0.15, 0.2) is 0 Å². The lowest BCUT2D eigenvalue weighted by molar-refractivity contribution is -0.323. The maximum Gasteiger partial charge on any atom is 0.145 e. The zero-order valence-electron chi connectivity index (χ0n) is 11.6. The summed E-state index contributed by atoms with van der Waals surface area (Å²) < 4.78 is 10.2. The fourth-order valence-corrected chi connectivity index (χ4v) is 2.85. The number of rotatable bonds is 3. The lowest BCUT2D eigenvalue weighted by atomic mass is 9.78. The molecule has 0 aromatic rings. The average Bonchev–Trinajstić information content (AvgIpc) is 2.51. The van der Waals surface area contributed by atoms with Crippen LogP contribution >= 0.6 is 0 Å². The highest BCUT2D eigenvalue weighted by Gasteiger charge is 2.59. The van der Waals surface area contributed by atoms with Gasteiger partial charge in [-0.05, 0) is 0 Å². The van der Waals surface area contributed by atoms with Gasteiger partial charge < -0.3 is 50.3 Å². The van der Waals surface area contributed by atoms with Gasteiger partial charge in [0.1, 0.15) is 54.4 Å². The summed E-state index contributed by atoms with van der Waals surface area (Å²) in [5.41, 5.74) is -2.31. The monoisotopic (exact) mass is 326 g/mol. The van der Waals surface area contributed by atoms with Crippen molar-refractivity contribution in [3.8, 4) is 0 Å². The molecule has 9 atom stereocenters. The number of ether oxygens (including phenoxy) is 2. The fourth-order valence-electron chi connectivity index (χ4n) is 2.85. The van der Waals surface area contributed by atoms with Crippen molar-refractivity contribution in [1.29, 1.82) is 0 Å². The molecule has 8 N–H and O–H groups in total. The van der Waals surface area contributed by atoms with Crippen molar-refractivity contribution in [3.63, 3.8) is 0 Å². The number of hydrogen-bond acceptors (Lipinski definition) is 10. The summed E-state index contributed by atoms with van der Waals surface area (Å²) in [6.45, 7) is -1.89. The molecule has 0 spiro atoms. The van der Waals surface area contributed by atoms with Crippen LogP contribution in [0.25, 0.3) is 0 Å². The Balaban J connectivity index is 2.24. The van der Waals surface area contributed by atoms with Crippen molar-refractivity contribution < 1.29 is 50.3 Å². The second kappa shape index (κ2) is 6.61. The van der Waals surface area contributed by atoms with Crippen molar-refractivity contribution in [1.82, 2.24) is 0 Å². The minimum absolute atomic E-state index is 0.594. The Bertz CT molecular complexity index is 379. The SMILES string of the molecule is OCC1OCC(O)([C@@H]2O[C@H](CO)[C@@H](O)[C@H](O)[C@@H]2O)C(O)C1O. The van der Waals surface area contributed by atoms with Crippen LogP contribution in [0.2, 0.25) is 0 Å². The minimum atomic E-state index is -2.31. The van der Waals surface area contributed by atoms with Crippen molar-refractivity contribution in [3.05, 3.63) is 0 Å². The molecule has 2 aliphatic heterocycles. The first kappa shape index (κ1) is 17.9. The van der Waals surface area contributed by atoms with Crippen LogP contribution in [0, 0.1) is 0 Å². The molecule has 2 aliphatic rings. The van der Waals surface area contributed by atoms with Gasteiger partial charge in [0.05, 0.1) is 19.8 Å². The standard InChI is InChI=1S/C12H22O10/c13-1-4-7(16)10(19)12(20,3-21-4)11-9(18)8(17)6(15)5(2-14)22-11/h4-11,13-20H,1-3H2/t4?,5-,6-,7?,8+,9+,10?,11-,12?/m1/s1. The summed E-state index contributed by atoms with van der Waals surface area (Å²) in [5.74, 6) is 0. The maximum absolute atomic E-state index is 10.6. The number of aliphatic hydroxyl groups is 8. The second-order valence-corrected chi connectivity index (χ2v) is 5.71. The van der Waals surface area contributed by atoms with E-state index in [0.717, 1.165) is 0 Å². The molecule has 130 valence electrons. The quantitative estimate of drug-likeness (QED) is 0.249. The van der Waals surface area contributed by atoms with E-state index >= 15 is 0 Å². The van der Waals surface area contributed by atoms with Crippen LogP contribution in [-0.4, -0.2) is 115 Å². The fraction of sp³-hybridized carbons (Fsp3) is 1.00. The Kier molecular flexibility index (Phi) is 5.39. The molecule has 2 heterocycles. The molecule has 0 amide bonds. The zero-order chi connectivity index (χ0) is 16.7. The van der Waals surface area contributed by atoms with E-state index in [1.54, 1.807) is 0 Å². The lowest BCUT2D eigenvalue weighted by Gasteiger charge is -2.51. The maximum atomic E-state index is 10.6. The van der Waals surface area contributed by atoms with Gasteiger partial charge in [0.2, 0.25) is 0 Å². The Labute approximate surface area is 125 Å². The first-order chi connectivity index (χ1) is 10.3. The molecule has 0 bridgehead atoms. The molecule has 4 unspecified atom stereocenters. The molecule has 10 nitrogen and oxygen atoms in total. The van der Waals surface area contributed by atoms with Crippen molar-refractivity contribution in [2.75, 3.05) is 19.8 Å². The highest BCUT2D eigenvalue weighted by atomic mass is 16.6. The van der Waals surface area contributed by atoms with E-state index in [1.165, 1.54) is 0 Å². The van der Waals surface area contributed by atoms with Gasteiger partial charge in [-0.25, -0.2) is 0 Å². The lowest BCUT2D eigenvalue weighted by Crippen LogP contribution is -2.73. The summed E-state index contributed by atoms with van der Waals surface area (Å²) in [5, 5.41) is 78.1. The Morgan fingerprint density at radius 3 is 1.95 bits per heavy atom. The highest BCUT2D eigenvalue weighted by molar-refractivity contribution is 5.08. The van der Waals surface area contributed by atoms with Gasteiger partial charge in [0, 0.05) is 0 Å². The Morgan fingerprint density at radius 2 is 1.41 bits per heavy atom. The molecule has 2 saturated heterocycles. The minimum Gasteiger partial charge on any atom is -0.394 e. The average molecular weight is 326 g/mol. The van der Waals surface area contributed by atoms with Crippen LogP contribution in [0.4, 0.5) is 0 Å². The van der Waals surface area contributed by atoms with E-state index in [4.69, 9.17) is 19.7 Å². The molecule has 2 fully saturated rings. The van der Waals surface area contributed by atoms with Gasteiger partial charge in [-0.2, -0.15) is 0 Å². The molecule has 0 aromatic heterocycles. The molecular formula is C12H22O10.